The minimum Gasteiger partial charge on any atom is -0.494 e. The molecule has 0 atom stereocenters. The van der Waals surface area contributed by atoms with Crippen molar-refractivity contribution in [1.82, 2.24) is 10.3 Å². The maximum atomic E-state index is 12.3. The molecule has 4 nitrogen and oxygen atoms in total. The summed E-state index contributed by atoms with van der Waals surface area (Å²) in [4.78, 5) is 15.4. The third-order valence-electron chi connectivity index (χ3n) is 3.72. The lowest BCUT2D eigenvalue weighted by Crippen LogP contribution is -2.23. The van der Waals surface area contributed by atoms with Gasteiger partial charge < -0.3 is 15.0 Å². The van der Waals surface area contributed by atoms with E-state index in [4.69, 9.17) is 4.74 Å². The maximum absolute atomic E-state index is 12.3. The predicted octanol–water partition coefficient (Wildman–Crippen LogP) is 3.81. The molecule has 0 saturated heterocycles. The molecular weight excluding hydrogens is 288 g/mol. The van der Waals surface area contributed by atoms with E-state index in [-0.39, 0.29) is 5.91 Å². The second-order valence-corrected chi connectivity index (χ2v) is 5.53. The first-order valence-electron chi connectivity index (χ1n) is 7.75. The molecule has 3 rings (SSSR count). The van der Waals surface area contributed by atoms with Crippen LogP contribution >= 0.6 is 0 Å². The number of hydrogen-bond donors (Lipinski definition) is 2. The van der Waals surface area contributed by atoms with E-state index in [0.717, 1.165) is 22.2 Å². The highest BCUT2D eigenvalue weighted by Crippen LogP contribution is 2.21. The Morgan fingerprint density at radius 1 is 1.13 bits per heavy atom. The molecular formula is C19H20N2O2. The molecule has 0 spiro atoms. The predicted molar refractivity (Wildman–Crippen MR) is 91.8 cm³/mol. The molecule has 23 heavy (non-hydrogen) atoms. The first-order chi connectivity index (χ1) is 11.2. The van der Waals surface area contributed by atoms with E-state index in [9.17, 15) is 4.79 Å². The van der Waals surface area contributed by atoms with E-state index in [1.165, 1.54) is 5.56 Å². The van der Waals surface area contributed by atoms with Crippen LogP contribution in [0.5, 0.6) is 5.75 Å². The van der Waals surface area contributed by atoms with Gasteiger partial charge in [-0.3, -0.25) is 4.79 Å². The Hall–Kier alpha value is -2.75. The standard InChI is InChI=1S/C19H20N2O2/c1-3-23-16-9-8-15-10-18(21-17(15)11-16)19(22)20-12-14-6-4-13(2)5-7-14/h4-11,21H,3,12H2,1-2H3,(H,20,22). The molecule has 0 fully saturated rings. The topological polar surface area (TPSA) is 54.1 Å². The highest BCUT2D eigenvalue weighted by atomic mass is 16.5. The smallest absolute Gasteiger partial charge is 0.267 e. The first-order valence-corrected chi connectivity index (χ1v) is 7.75. The van der Waals surface area contributed by atoms with E-state index in [2.05, 4.69) is 10.3 Å². The van der Waals surface area contributed by atoms with Gasteiger partial charge in [0.25, 0.3) is 5.91 Å². The van der Waals surface area contributed by atoms with Crippen LogP contribution < -0.4 is 10.1 Å². The Morgan fingerprint density at radius 2 is 1.91 bits per heavy atom. The van der Waals surface area contributed by atoms with Crippen molar-refractivity contribution in [1.29, 1.82) is 0 Å². The minimum absolute atomic E-state index is 0.111. The molecule has 0 aliphatic carbocycles. The largest absolute Gasteiger partial charge is 0.494 e. The molecule has 2 N–H and O–H groups in total. The third-order valence-corrected chi connectivity index (χ3v) is 3.72. The van der Waals surface area contributed by atoms with Crippen molar-refractivity contribution in [2.75, 3.05) is 6.61 Å². The molecule has 0 saturated carbocycles. The van der Waals surface area contributed by atoms with Gasteiger partial charge in [-0.05, 0) is 37.6 Å². The van der Waals surface area contributed by atoms with Gasteiger partial charge in [-0.25, -0.2) is 0 Å². The summed E-state index contributed by atoms with van der Waals surface area (Å²) in [7, 11) is 0. The van der Waals surface area contributed by atoms with E-state index in [1.54, 1.807) is 0 Å². The van der Waals surface area contributed by atoms with Gasteiger partial charge in [0.05, 0.1) is 6.61 Å². The minimum atomic E-state index is -0.111. The number of hydrogen-bond acceptors (Lipinski definition) is 2. The fourth-order valence-corrected chi connectivity index (χ4v) is 2.47. The van der Waals surface area contributed by atoms with Gasteiger partial charge in [0.15, 0.2) is 0 Å². The van der Waals surface area contributed by atoms with Gasteiger partial charge >= 0.3 is 0 Å². The van der Waals surface area contributed by atoms with Gasteiger partial charge in [0.1, 0.15) is 11.4 Å². The molecule has 118 valence electrons. The number of aromatic amines is 1. The highest BCUT2D eigenvalue weighted by Gasteiger charge is 2.10. The van der Waals surface area contributed by atoms with Crippen molar-refractivity contribution >= 4 is 16.8 Å². The van der Waals surface area contributed by atoms with Crippen molar-refractivity contribution in [2.45, 2.75) is 20.4 Å². The van der Waals surface area contributed by atoms with Crippen LogP contribution in [0.15, 0.2) is 48.5 Å². The van der Waals surface area contributed by atoms with Crippen molar-refractivity contribution in [3.05, 3.63) is 65.4 Å². The molecule has 1 heterocycles. The summed E-state index contributed by atoms with van der Waals surface area (Å²) < 4.78 is 5.48. The molecule has 0 unspecified atom stereocenters. The molecule has 0 aliphatic heterocycles. The van der Waals surface area contributed by atoms with Crippen LogP contribution in [0.4, 0.5) is 0 Å². The van der Waals surface area contributed by atoms with Crippen LogP contribution in [0, 0.1) is 6.92 Å². The Balaban J connectivity index is 1.71. The Labute approximate surface area is 135 Å². The number of H-pyrrole nitrogens is 1. The van der Waals surface area contributed by atoms with Gasteiger partial charge in [0.2, 0.25) is 0 Å². The fraction of sp³-hybridized carbons (Fsp3) is 0.211. The van der Waals surface area contributed by atoms with E-state index in [1.807, 2.05) is 62.4 Å². The molecule has 1 amide bonds. The van der Waals surface area contributed by atoms with Crippen LogP contribution in [-0.2, 0) is 6.54 Å². The highest BCUT2D eigenvalue weighted by molar-refractivity contribution is 5.98. The summed E-state index contributed by atoms with van der Waals surface area (Å²) in [6.45, 7) is 5.13. The van der Waals surface area contributed by atoms with E-state index in [0.29, 0.717) is 18.8 Å². The molecule has 1 aromatic heterocycles. The summed E-state index contributed by atoms with van der Waals surface area (Å²) in [5, 5.41) is 3.93. The molecule has 0 bridgehead atoms. The molecule has 0 aliphatic rings. The number of carbonyl (C=O) groups excluding carboxylic acids is 1. The molecule has 0 radical (unpaired) electrons. The lowest BCUT2D eigenvalue weighted by molar-refractivity contribution is 0.0946. The van der Waals surface area contributed by atoms with Crippen LogP contribution in [0.3, 0.4) is 0 Å². The molecule has 4 heteroatoms. The fourth-order valence-electron chi connectivity index (χ4n) is 2.47. The van der Waals surface area contributed by atoms with Gasteiger partial charge in [-0.1, -0.05) is 29.8 Å². The van der Waals surface area contributed by atoms with Gasteiger partial charge in [-0.15, -0.1) is 0 Å². The summed E-state index contributed by atoms with van der Waals surface area (Å²) in [5.41, 5.74) is 3.75. The maximum Gasteiger partial charge on any atom is 0.267 e. The molecule has 3 aromatic rings. The van der Waals surface area contributed by atoms with Crippen molar-refractivity contribution < 1.29 is 9.53 Å². The second kappa shape index (κ2) is 6.57. The zero-order valence-corrected chi connectivity index (χ0v) is 13.3. The first kappa shape index (κ1) is 15.2. The monoisotopic (exact) mass is 308 g/mol. The lowest BCUT2D eigenvalue weighted by Gasteiger charge is -2.04. The quantitative estimate of drug-likeness (QED) is 0.753. The SMILES string of the molecule is CCOc1ccc2cc(C(=O)NCc3ccc(C)cc3)[nH]c2c1. The second-order valence-electron chi connectivity index (χ2n) is 5.53. The zero-order valence-electron chi connectivity index (χ0n) is 13.3. The summed E-state index contributed by atoms with van der Waals surface area (Å²) >= 11 is 0. The Bertz CT molecular complexity index is 819. The summed E-state index contributed by atoms with van der Waals surface area (Å²) in [6, 6.07) is 15.8. The van der Waals surface area contributed by atoms with E-state index < -0.39 is 0 Å². The van der Waals surface area contributed by atoms with Crippen LogP contribution in [0.25, 0.3) is 10.9 Å². The number of fused-ring (bicyclic) bond motifs is 1. The normalized spacial score (nSPS) is 10.7. The summed E-state index contributed by atoms with van der Waals surface area (Å²) in [6.07, 6.45) is 0. The Morgan fingerprint density at radius 3 is 2.65 bits per heavy atom. The number of benzene rings is 2. The lowest BCUT2D eigenvalue weighted by atomic mass is 10.1. The van der Waals surface area contributed by atoms with E-state index >= 15 is 0 Å². The number of nitrogens with one attached hydrogen (secondary N) is 2. The number of carbonyl (C=O) groups is 1. The van der Waals surface area contributed by atoms with Crippen molar-refractivity contribution in [2.24, 2.45) is 0 Å². The number of aromatic nitrogens is 1. The van der Waals surface area contributed by atoms with Crippen molar-refractivity contribution in [3.8, 4) is 5.75 Å². The Kier molecular flexibility index (Phi) is 4.33. The van der Waals surface area contributed by atoms with Crippen LogP contribution in [-0.4, -0.2) is 17.5 Å². The van der Waals surface area contributed by atoms with Crippen molar-refractivity contribution in [3.63, 3.8) is 0 Å². The number of aryl methyl sites for hydroxylation is 1. The van der Waals surface area contributed by atoms with Crippen LogP contribution in [0.1, 0.15) is 28.5 Å². The number of ether oxygens (including phenoxy) is 1. The molecule has 2 aromatic carbocycles. The zero-order chi connectivity index (χ0) is 16.2. The third kappa shape index (κ3) is 3.54. The van der Waals surface area contributed by atoms with Crippen LogP contribution in [0.2, 0.25) is 0 Å². The van der Waals surface area contributed by atoms with Gasteiger partial charge in [-0.2, -0.15) is 0 Å². The average molecular weight is 308 g/mol. The van der Waals surface area contributed by atoms with Gasteiger partial charge in [0, 0.05) is 23.5 Å². The summed E-state index contributed by atoms with van der Waals surface area (Å²) in [5.74, 6) is 0.688. The average Bonchev–Trinajstić information content (AvgIpc) is 2.98. The number of rotatable bonds is 5. The number of amides is 1.